The van der Waals surface area contributed by atoms with E-state index in [4.69, 9.17) is 5.73 Å². The molecule has 0 saturated heterocycles. The zero-order valence-corrected chi connectivity index (χ0v) is 8.33. The lowest BCUT2D eigenvalue weighted by Gasteiger charge is -2.03. The van der Waals surface area contributed by atoms with Gasteiger partial charge in [-0.05, 0) is 10.4 Å². The highest BCUT2D eigenvalue weighted by atomic mass is 15.6. The second-order valence-electron chi connectivity index (χ2n) is 3.09. The van der Waals surface area contributed by atoms with Crippen molar-refractivity contribution in [3.8, 4) is 0 Å². The van der Waals surface area contributed by atoms with Gasteiger partial charge in [0, 0.05) is 19.8 Å². The van der Waals surface area contributed by atoms with Crippen LogP contribution in [0.3, 0.4) is 0 Å². The molecule has 0 bridgehead atoms. The van der Waals surface area contributed by atoms with Gasteiger partial charge in [-0.1, -0.05) is 5.10 Å². The smallest absolute Gasteiger partial charge is 0.242 e. The number of nitrogens with one attached hydrogen (secondary N) is 1. The van der Waals surface area contributed by atoms with E-state index in [0.717, 1.165) is 0 Å². The van der Waals surface area contributed by atoms with Crippen LogP contribution in [0.2, 0.25) is 0 Å². The molecule has 0 unspecified atom stereocenters. The number of hydrogen-bond acceptors (Lipinski definition) is 6. The van der Waals surface area contributed by atoms with Crippen LogP contribution in [0.4, 0.5) is 11.6 Å². The van der Waals surface area contributed by atoms with Gasteiger partial charge in [0.05, 0.1) is 18.4 Å². The van der Waals surface area contributed by atoms with Crippen LogP contribution in [0.5, 0.6) is 0 Å². The predicted molar refractivity (Wildman–Crippen MR) is 53.9 cm³/mol. The molecule has 8 heteroatoms. The van der Waals surface area contributed by atoms with Crippen LogP contribution in [0.15, 0.2) is 12.4 Å². The minimum absolute atomic E-state index is 0.634. The maximum absolute atomic E-state index is 5.53. The van der Waals surface area contributed by atoms with E-state index in [1.165, 1.54) is 0 Å². The molecule has 0 atom stereocenters. The molecule has 2 aromatic heterocycles. The Hall–Kier alpha value is -2.12. The first-order valence-corrected chi connectivity index (χ1v) is 4.50. The Labute approximate surface area is 86.1 Å². The highest BCUT2D eigenvalue weighted by molar-refractivity contribution is 5.30. The monoisotopic (exact) mass is 208 g/mol. The minimum Gasteiger partial charge on any atom is -0.396 e. The maximum Gasteiger partial charge on any atom is 0.242 e. The molecule has 0 amide bonds. The van der Waals surface area contributed by atoms with E-state index in [1.54, 1.807) is 28.8 Å². The number of anilines is 2. The van der Waals surface area contributed by atoms with Crippen LogP contribution in [0.1, 0.15) is 0 Å². The summed E-state index contributed by atoms with van der Waals surface area (Å²) in [6, 6.07) is 0. The molecule has 2 heterocycles. The molecule has 0 spiro atoms. The van der Waals surface area contributed by atoms with Gasteiger partial charge in [0.25, 0.3) is 0 Å². The summed E-state index contributed by atoms with van der Waals surface area (Å²) in [5, 5.41) is 18.1. The minimum atomic E-state index is 0.634. The summed E-state index contributed by atoms with van der Waals surface area (Å²) in [6.07, 6.45) is 3.39. The molecule has 3 N–H and O–H groups in total. The number of aryl methyl sites for hydroxylation is 1. The van der Waals surface area contributed by atoms with Crippen LogP contribution >= 0.6 is 0 Å². The van der Waals surface area contributed by atoms with E-state index in [1.807, 2.05) is 0 Å². The second kappa shape index (κ2) is 3.95. The average Bonchev–Trinajstić information content (AvgIpc) is 2.77. The van der Waals surface area contributed by atoms with Gasteiger partial charge in [-0.2, -0.15) is 5.10 Å². The number of tetrazole rings is 1. The van der Waals surface area contributed by atoms with E-state index in [-0.39, 0.29) is 0 Å². The third-order valence-electron chi connectivity index (χ3n) is 1.90. The number of aromatic nitrogens is 6. The summed E-state index contributed by atoms with van der Waals surface area (Å²) in [7, 11) is 1.77. The lowest BCUT2D eigenvalue weighted by atomic mass is 10.6. The lowest BCUT2D eigenvalue weighted by molar-refractivity contribution is 0.632. The third kappa shape index (κ3) is 2.22. The molecule has 2 aromatic rings. The summed E-state index contributed by atoms with van der Waals surface area (Å²) in [5.74, 6) is 0.634. The molecule has 80 valence electrons. The van der Waals surface area contributed by atoms with Crippen molar-refractivity contribution in [2.75, 3.05) is 17.6 Å². The molecule has 0 aromatic carbocycles. The summed E-state index contributed by atoms with van der Waals surface area (Å²) in [4.78, 5) is 0. The molecular weight excluding hydrogens is 196 g/mol. The van der Waals surface area contributed by atoms with Crippen molar-refractivity contribution >= 4 is 11.6 Å². The molecule has 0 radical (unpaired) electrons. The van der Waals surface area contributed by atoms with Gasteiger partial charge in [0.15, 0.2) is 0 Å². The number of hydrogen-bond donors (Lipinski definition) is 2. The zero-order valence-electron chi connectivity index (χ0n) is 8.33. The summed E-state index contributed by atoms with van der Waals surface area (Å²) in [6.45, 7) is 1.40. The van der Waals surface area contributed by atoms with Crippen molar-refractivity contribution in [3.63, 3.8) is 0 Å². The van der Waals surface area contributed by atoms with Crippen molar-refractivity contribution in [3.05, 3.63) is 12.4 Å². The van der Waals surface area contributed by atoms with E-state index < -0.39 is 0 Å². The Morgan fingerprint density at radius 1 is 1.53 bits per heavy atom. The van der Waals surface area contributed by atoms with Crippen LogP contribution in [-0.2, 0) is 13.6 Å². The Morgan fingerprint density at radius 2 is 2.40 bits per heavy atom. The van der Waals surface area contributed by atoms with Gasteiger partial charge >= 0.3 is 0 Å². The molecule has 0 aliphatic heterocycles. The molecule has 15 heavy (non-hydrogen) atoms. The Balaban J connectivity index is 1.83. The van der Waals surface area contributed by atoms with Crippen LogP contribution < -0.4 is 11.1 Å². The van der Waals surface area contributed by atoms with Crippen molar-refractivity contribution in [1.29, 1.82) is 0 Å². The highest BCUT2D eigenvalue weighted by Crippen LogP contribution is 1.98. The van der Waals surface area contributed by atoms with E-state index in [0.29, 0.717) is 24.7 Å². The first-order chi connectivity index (χ1) is 7.25. The normalized spacial score (nSPS) is 10.5. The first kappa shape index (κ1) is 9.44. The van der Waals surface area contributed by atoms with Gasteiger partial charge < -0.3 is 11.1 Å². The fourth-order valence-corrected chi connectivity index (χ4v) is 1.16. The predicted octanol–water partition coefficient (Wildman–Crippen LogP) is -0.899. The molecule has 2 rings (SSSR count). The van der Waals surface area contributed by atoms with Crippen LogP contribution in [-0.4, -0.2) is 36.5 Å². The lowest BCUT2D eigenvalue weighted by Crippen LogP contribution is -2.13. The molecule has 0 saturated carbocycles. The fourth-order valence-electron chi connectivity index (χ4n) is 1.16. The Bertz CT molecular complexity index is 430. The Morgan fingerprint density at radius 3 is 3.00 bits per heavy atom. The van der Waals surface area contributed by atoms with Gasteiger partial charge in [0.1, 0.15) is 0 Å². The standard InChI is InChI=1S/C7H12N8/c1-14-7(11-12-13-14)9-2-3-15-5-6(8)4-10-15/h4-5H,2-3,8H2,1H3,(H,9,11,13). The molecule has 8 nitrogen and oxygen atoms in total. The van der Waals surface area contributed by atoms with Gasteiger partial charge in [-0.25, -0.2) is 4.68 Å². The average molecular weight is 208 g/mol. The highest BCUT2D eigenvalue weighted by Gasteiger charge is 2.00. The fraction of sp³-hybridized carbons (Fsp3) is 0.429. The number of nitrogens with zero attached hydrogens (tertiary/aromatic N) is 6. The molecular formula is C7H12N8. The first-order valence-electron chi connectivity index (χ1n) is 4.50. The zero-order chi connectivity index (χ0) is 10.7. The molecule has 0 aliphatic carbocycles. The van der Waals surface area contributed by atoms with Crippen molar-refractivity contribution < 1.29 is 0 Å². The van der Waals surface area contributed by atoms with Crippen molar-refractivity contribution in [1.82, 2.24) is 30.0 Å². The van der Waals surface area contributed by atoms with Crippen LogP contribution in [0.25, 0.3) is 0 Å². The largest absolute Gasteiger partial charge is 0.396 e. The van der Waals surface area contributed by atoms with Gasteiger partial charge in [0.2, 0.25) is 5.95 Å². The van der Waals surface area contributed by atoms with Crippen molar-refractivity contribution in [2.45, 2.75) is 6.54 Å². The van der Waals surface area contributed by atoms with Gasteiger partial charge in [-0.15, -0.1) is 0 Å². The van der Waals surface area contributed by atoms with Crippen LogP contribution in [0, 0.1) is 0 Å². The maximum atomic E-state index is 5.53. The van der Waals surface area contributed by atoms with Gasteiger partial charge in [-0.3, -0.25) is 4.68 Å². The summed E-state index contributed by atoms with van der Waals surface area (Å²) >= 11 is 0. The number of nitrogens with two attached hydrogens (primary N) is 1. The number of nitrogen functional groups attached to an aromatic ring is 1. The van der Waals surface area contributed by atoms with E-state index in [9.17, 15) is 0 Å². The molecule has 0 fully saturated rings. The molecule has 0 aliphatic rings. The quantitative estimate of drug-likeness (QED) is 0.675. The SMILES string of the molecule is Cn1nnnc1NCCn1cc(N)cn1. The topological polar surface area (TPSA) is 99.5 Å². The third-order valence-corrected chi connectivity index (χ3v) is 1.90. The second-order valence-corrected chi connectivity index (χ2v) is 3.09. The van der Waals surface area contributed by atoms with Crippen molar-refractivity contribution in [2.24, 2.45) is 7.05 Å². The van der Waals surface area contributed by atoms with E-state index >= 15 is 0 Å². The van der Waals surface area contributed by atoms with E-state index in [2.05, 4.69) is 25.9 Å². The summed E-state index contributed by atoms with van der Waals surface area (Å²) < 4.78 is 3.32. The Kier molecular flexibility index (Phi) is 2.48. The summed E-state index contributed by atoms with van der Waals surface area (Å²) in [5.41, 5.74) is 6.19. The number of rotatable bonds is 4.